The summed E-state index contributed by atoms with van der Waals surface area (Å²) in [6, 6.07) is 15.2. The summed E-state index contributed by atoms with van der Waals surface area (Å²) in [4.78, 5) is 15.7. The standard InChI is InChI=1S/C25H30N2O3/c1-19-17-21-18-23(29-2)11-12-24(21)27(19)25(28)20-7-9-22(10-8-20)30-16-6-15-26-13-4-3-5-14-26/h7-12,17-18H,3-6,13-16H2,1-2H3. The van der Waals surface area contributed by atoms with Crippen LogP contribution in [0.25, 0.3) is 10.9 Å². The van der Waals surface area contributed by atoms with Gasteiger partial charge in [-0.2, -0.15) is 0 Å². The van der Waals surface area contributed by atoms with Gasteiger partial charge in [-0.3, -0.25) is 9.36 Å². The summed E-state index contributed by atoms with van der Waals surface area (Å²) in [7, 11) is 1.65. The number of methoxy groups -OCH3 is 1. The topological polar surface area (TPSA) is 43.7 Å². The second-order valence-corrected chi connectivity index (χ2v) is 7.98. The zero-order valence-electron chi connectivity index (χ0n) is 17.9. The smallest absolute Gasteiger partial charge is 0.262 e. The van der Waals surface area contributed by atoms with Crippen LogP contribution in [0.4, 0.5) is 0 Å². The average Bonchev–Trinajstić information content (AvgIpc) is 3.12. The molecule has 0 radical (unpaired) electrons. The molecule has 0 N–H and O–H groups in total. The van der Waals surface area contributed by atoms with Gasteiger partial charge in [-0.1, -0.05) is 6.42 Å². The molecule has 2 aromatic carbocycles. The molecule has 0 atom stereocenters. The third kappa shape index (κ3) is 4.51. The van der Waals surface area contributed by atoms with E-state index in [9.17, 15) is 4.79 Å². The van der Waals surface area contributed by atoms with E-state index < -0.39 is 0 Å². The van der Waals surface area contributed by atoms with Crippen molar-refractivity contribution < 1.29 is 14.3 Å². The highest BCUT2D eigenvalue weighted by atomic mass is 16.5. The van der Waals surface area contributed by atoms with Gasteiger partial charge in [0, 0.05) is 23.2 Å². The summed E-state index contributed by atoms with van der Waals surface area (Å²) in [5, 5.41) is 0.994. The molecule has 0 aliphatic carbocycles. The van der Waals surface area contributed by atoms with Crippen LogP contribution in [-0.2, 0) is 0 Å². The molecule has 0 spiro atoms. The van der Waals surface area contributed by atoms with Crippen LogP contribution in [0.2, 0.25) is 0 Å². The molecule has 0 amide bonds. The van der Waals surface area contributed by atoms with Crippen molar-refractivity contribution in [2.24, 2.45) is 0 Å². The van der Waals surface area contributed by atoms with Gasteiger partial charge in [0.05, 0.1) is 19.2 Å². The Morgan fingerprint density at radius 1 is 0.967 bits per heavy atom. The number of carbonyl (C=O) groups is 1. The summed E-state index contributed by atoms with van der Waals surface area (Å²) in [6.07, 6.45) is 5.03. The Morgan fingerprint density at radius 2 is 1.70 bits per heavy atom. The lowest BCUT2D eigenvalue weighted by molar-refractivity contribution is 0.0963. The van der Waals surface area contributed by atoms with Crippen molar-refractivity contribution in [3.63, 3.8) is 0 Å². The van der Waals surface area contributed by atoms with Crippen molar-refractivity contribution in [3.8, 4) is 11.5 Å². The molecule has 1 aromatic heterocycles. The molecule has 1 aliphatic rings. The molecule has 1 fully saturated rings. The first-order valence-electron chi connectivity index (χ1n) is 10.8. The van der Waals surface area contributed by atoms with Gasteiger partial charge < -0.3 is 14.4 Å². The van der Waals surface area contributed by atoms with Crippen molar-refractivity contribution in [2.45, 2.75) is 32.6 Å². The van der Waals surface area contributed by atoms with Crippen molar-refractivity contribution in [1.29, 1.82) is 0 Å². The molecule has 3 aromatic rings. The van der Waals surface area contributed by atoms with E-state index in [1.54, 1.807) is 11.7 Å². The normalized spacial score (nSPS) is 14.7. The van der Waals surface area contributed by atoms with Crippen LogP contribution in [0.1, 0.15) is 41.7 Å². The third-order valence-corrected chi connectivity index (χ3v) is 5.83. The van der Waals surface area contributed by atoms with Crippen LogP contribution in [0.15, 0.2) is 48.5 Å². The minimum Gasteiger partial charge on any atom is -0.497 e. The predicted molar refractivity (Wildman–Crippen MR) is 120 cm³/mol. The van der Waals surface area contributed by atoms with Gasteiger partial charge in [-0.15, -0.1) is 0 Å². The van der Waals surface area contributed by atoms with Crippen molar-refractivity contribution >= 4 is 16.8 Å². The monoisotopic (exact) mass is 406 g/mol. The molecule has 2 heterocycles. The van der Waals surface area contributed by atoms with Gasteiger partial charge in [-0.25, -0.2) is 0 Å². The highest BCUT2D eigenvalue weighted by molar-refractivity contribution is 6.03. The number of nitrogens with zero attached hydrogens (tertiary/aromatic N) is 2. The number of likely N-dealkylation sites (tertiary alicyclic amines) is 1. The molecule has 5 heteroatoms. The molecule has 0 bridgehead atoms. The first-order chi connectivity index (χ1) is 14.7. The quantitative estimate of drug-likeness (QED) is 0.524. The van der Waals surface area contributed by atoms with Crippen LogP contribution < -0.4 is 9.47 Å². The lowest BCUT2D eigenvalue weighted by Crippen LogP contribution is -2.31. The lowest BCUT2D eigenvalue weighted by atomic mass is 10.1. The average molecular weight is 407 g/mol. The Hall–Kier alpha value is -2.79. The fraction of sp³-hybridized carbons (Fsp3) is 0.400. The Bertz CT molecular complexity index is 1000. The number of rotatable bonds is 7. The number of fused-ring (bicyclic) bond motifs is 1. The predicted octanol–water partition coefficient (Wildman–Crippen LogP) is 4.90. The van der Waals surface area contributed by atoms with Crippen LogP contribution >= 0.6 is 0 Å². The molecule has 4 rings (SSSR count). The first kappa shape index (κ1) is 20.5. The Labute approximate surface area is 178 Å². The van der Waals surface area contributed by atoms with Crippen LogP contribution in [0, 0.1) is 6.92 Å². The maximum atomic E-state index is 13.1. The molecule has 158 valence electrons. The number of hydrogen-bond donors (Lipinski definition) is 0. The number of hydrogen-bond acceptors (Lipinski definition) is 4. The van der Waals surface area contributed by atoms with Gasteiger partial charge in [-0.05, 0) is 87.8 Å². The van der Waals surface area contributed by atoms with Gasteiger partial charge >= 0.3 is 0 Å². The summed E-state index contributed by atoms with van der Waals surface area (Å²) < 4.78 is 12.9. The van der Waals surface area contributed by atoms with E-state index in [1.165, 1.54) is 32.4 Å². The SMILES string of the molecule is COc1ccc2c(c1)cc(C)n2C(=O)c1ccc(OCCCN2CCCCC2)cc1. The first-order valence-corrected chi connectivity index (χ1v) is 10.8. The van der Waals surface area contributed by atoms with E-state index in [1.807, 2.05) is 55.5 Å². The number of aromatic nitrogens is 1. The molecule has 0 unspecified atom stereocenters. The lowest BCUT2D eigenvalue weighted by Gasteiger charge is -2.26. The van der Waals surface area contributed by atoms with E-state index >= 15 is 0 Å². The fourth-order valence-corrected chi connectivity index (χ4v) is 4.21. The van der Waals surface area contributed by atoms with Crippen molar-refractivity contribution in [1.82, 2.24) is 9.47 Å². The highest BCUT2D eigenvalue weighted by Gasteiger charge is 2.15. The van der Waals surface area contributed by atoms with Crippen molar-refractivity contribution in [3.05, 3.63) is 59.8 Å². The molecule has 30 heavy (non-hydrogen) atoms. The van der Waals surface area contributed by atoms with Crippen LogP contribution in [0.5, 0.6) is 11.5 Å². The molecular weight excluding hydrogens is 376 g/mol. The van der Waals surface area contributed by atoms with Gasteiger partial charge in [0.15, 0.2) is 0 Å². The Morgan fingerprint density at radius 3 is 2.43 bits per heavy atom. The zero-order chi connectivity index (χ0) is 20.9. The molecular formula is C25H30N2O3. The minimum atomic E-state index is -0.0377. The second kappa shape index (κ2) is 9.35. The van der Waals surface area contributed by atoms with E-state index in [4.69, 9.17) is 9.47 Å². The summed E-state index contributed by atoms with van der Waals surface area (Å²) in [6.45, 7) is 6.19. The summed E-state index contributed by atoms with van der Waals surface area (Å²) >= 11 is 0. The van der Waals surface area contributed by atoms with E-state index in [0.717, 1.165) is 41.1 Å². The molecule has 5 nitrogen and oxygen atoms in total. The highest BCUT2D eigenvalue weighted by Crippen LogP contribution is 2.25. The number of carbonyl (C=O) groups excluding carboxylic acids is 1. The minimum absolute atomic E-state index is 0.0377. The Kier molecular flexibility index (Phi) is 6.38. The van der Waals surface area contributed by atoms with Crippen molar-refractivity contribution in [2.75, 3.05) is 33.4 Å². The fourth-order valence-electron chi connectivity index (χ4n) is 4.21. The number of piperidine rings is 1. The largest absolute Gasteiger partial charge is 0.497 e. The number of benzene rings is 2. The molecule has 1 aliphatic heterocycles. The van der Waals surface area contributed by atoms with E-state index in [0.29, 0.717) is 12.2 Å². The summed E-state index contributed by atoms with van der Waals surface area (Å²) in [5.41, 5.74) is 2.43. The summed E-state index contributed by atoms with van der Waals surface area (Å²) in [5.74, 6) is 1.56. The second-order valence-electron chi connectivity index (χ2n) is 7.98. The molecule has 1 saturated heterocycles. The van der Waals surface area contributed by atoms with Crippen LogP contribution in [0.3, 0.4) is 0 Å². The van der Waals surface area contributed by atoms with Gasteiger partial charge in [0.2, 0.25) is 0 Å². The van der Waals surface area contributed by atoms with E-state index in [2.05, 4.69) is 4.90 Å². The van der Waals surface area contributed by atoms with Gasteiger partial charge in [0.25, 0.3) is 5.91 Å². The van der Waals surface area contributed by atoms with Crippen LogP contribution in [-0.4, -0.2) is 48.7 Å². The van der Waals surface area contributed by atoms with Gasteiger partial charge in [0.1, 0.15) is 11.5 Å². The van der Waals surface area contributed by atoms with E-state index in [-0.39, 0.29) is 5.91 Å². The zero-order valence-corrected chi connectivity index (χ0v) is 17.9. The third-order valence-electron chi connectivity index (χ3n) is 5.83. The maximum absolute atomic E-state index is 13.1. The number of aryl methyl sites for hydroxylation is 1. The number of ether oxygens (including phenoxy) is 2. The Balaban J connectivity index is 1.38. The maximum Gasteiger partial charge on any atom is 0.262 e. The molecule has 0 saturated carbocycles.